The van der Waals surface area contributed by atoms with Crippen molar-refractivity contribution in [1.29, 1.82) is 0 Å². The molecule has 1 saturated carbocycles. The predicted octanol–water partition coefficient (Wildman–Crippen LogP) is 2.45. The average Bonchev–Trinajstić information content (AvgIpc) is 3.31. The Balaban J connectivity index is 1.52. The highest BCUT2D eigenvalue weighted by Gasteiger charge is 2.23. The van der Waals surface area contributed by atoms with Crippen LogP contribution < -0.4 is 16.0 Å². The van der Waals surface area contributed by atoms with E-state index in [0.717, 1.165) is 31.2 Å². The molecule has 1 unspecified atom stereocenters. The summed E-state index contributed by atoms with van der Waals surface area (Å²) in [6.45, 7) is 7.55. The fourth-order valence-electron chi connectivity index (χ4n) is 4.46. The van der Waals surface area contributed by atoms with E-state index >= 15 is 0 Å². The summed E-state index contributed by atoms with van der Waals surface area (Å²) in [5.74, 6) is 1.19. The zero-order chi connectivity index (χ0) is 22.6. The summed E-state index contributed by atoms with van der Waals surface area (Å²) in [5.41, 5.74) is 1.05. The highest BCUT2D eigenvalue weighted by atomic mass is 19.1. The van der Waals surface area contributed by atoms with Crippen molar-refractivity contribution in [1.82, 2.24) is 20.9 Å². The SMILES string of the molecule is CCNC(=NCC(c1ccc(F)cc1)N1CCOCC1)NCCNC(=O)CC1CCCC1. The van der Waals surface area contributed by atoms with Crippen LogP contribution in [-0.4, -0.2) is 69.2 Å². The normalized spacial score (nSPS) is 19.0. The summed E-state index contributed by atoms with van der Waals surface area (Å²) in [6.07, 6.45) is 5.52. The van der Waals surface area contributed by atoms with Crippen molar-refractivity contribution in [2.45, 2.75) is 45.1 Å². The van der Waals surface area contributed by atoms with Gasteiger partial charge in [0.2, 0.25) is 5.91 Å². The number of nitrogens with one attached hydrogen (secondary N) is 3. The Morgan fingerprint density at radius 3 is 2.50 bits per heavy atom. The molecule has 3 N–H and O–H groups in total. The molecule has 0 radical (unpaired) electrons. The van der Waals surface area contributed by atoms with E-state index in [4.69, 9.17) is 9.73 Å². The van der Waals surface area contributed by atoms with Gasteiger partial charge in [-0.1, -0.05) is 25.0 Å². The van der Waals surface area contributed by atoms with Crippen LogP contribution in [0.15, 0.2) is 29.3 Å². The highest BCUT2D eigenvalue weighted by molar-refractivity contribution is 5.80. The summed E-state index contributed by atoms with van der Waals surface area (Å²) < 4.78 is 18.9. The van der Waals surface area contributed by atoms with Gasteiger partial charge in [0, 0.05) is 39.1 Å². The molecule has 1 aromatic rings. The Hall–Kier alpha value is -2.19. The molecule has 2 fully saturated rings. The van der Waals surface area contributed by atoms with Gasteiger partial charge in [-0.15, -0.1) is 0 Å². The van der Waals surface area contributed by atoms with E-state index in [-0.39, 0.29) is 17.8 Å². The molecule has 1 saturated heterocycles. The molecule has 0 bridgehead atoms. The molecule has 0 aromatic heterocycles. The molecule has 32 heavy (non-hydrogen) atoms. The number of carbonyl (C=O) groups excluding carboxylic acids is 1. The van der Waals surface area contributed by atoms with E-state index in [1.54, 1.807) is 0 Å². The van der Waals surface area contributed by atoms with Crippen LogP contribution in [0.3, 0.4) is 0 Å². The topological polar surface area (TPSA) is 78.0 Å². The van der Waals surface area contributed by atoms with Gasteiger partial charge in [0.25, 0.3) is 0 Å². The van der Waals surface area contributed by atoms with Crippen molar-refractivity contribution >= 4 is 11.9 Å². The van der Waals surface area contributed by atoms with Crippen LogP contribution in [0.5, 0.6) is 0 Å². The largest absolute Gasteiger partial charge is 0.379 e. The van der Waals surface area contributed by atoms with Gasteiger partial charge in [-0.3, -0.25) is 14.7 Å². The van der Waals surface area contributed by atoms with E-state index in [9.17, 15) is 9.18 Å². The molecule has 1 atom stereocenters. The van der Waals surface area contributed by atoms with Crippen molar-refractivity contribution < 1.29 is 13.9 Å². The molecular formula is C24H38FN5O2. The van der Waals surface area contributed by atoms with Gasteiger partial charge in [-0.05, 0) is 43.4 Å². The number of amides is 1. The summed E-state index contributed by atoms with van der Waals surface area (Å²) in [4.78, 5) is 19.2. The third-order valence-corrected chi connectivity index (χ3v) is 6.20. The number of ether oxygens (including phenoxy) is 1. The molecule has 2 aliphatic rings. The molecule has 0 spiro atoms. The van der Waals surface area contributed by atoms with Crippen LogP contribution in [0.4, 0.5) is 4.39 Å². The number of nitrogens with zero attached hydrogens (tertiary/aromatic N) is 2. The molecule has 3 rings (SSSR count). The Morgan fingerprint density at radius 1 is 1.12 bits per heavy atom. The van der Waals surface area contributed by atoms with Crippen LogP contribution in [-0.2, 0) is 9.53 Å². The second kappa shape index (κ2) is 13.4. The summed E-state index contributed by atoms with van der Waals surface area (Å²) in [7, 11) is 0. The molecule has 1 aromatic carbocycles. The molecule has 1 aliphatic heterocycles. The number of guanidine groups is 1. The lowest BCUT2D eigenvalue weighted by molar-refractivity contribution is -0.121. The third-order valence-electron chi connectivity index (χ3n) is 6.20. The maximum absolute atomic E-state index is 13.4. The van der Waals surface area contributed by atoms with Gasteiger partial charge in [0.15, 0.2) is 5.96 Å². The van der Waals surface area contributed by atoms with Gasteiger partial charge < -0.3 is 20.7 Å². The Labute approximate surface area is 191 Å². The first-order chi connectivity index (χ1) is 15.7. The second-order valence-electron chi connectivity index (χ2n) is 8.57. The maximum Gasteiger partial charge on any atom is 0.220 e. The van der Waals surface area contributed by atoms with Crippen molar-refractivity contribution in [2.24, 2.45) is 10.9 Å². The minimum absolute atomic E-state index is 0.0565. The number of carbonyl (C=O) groups is 1. The number of hydrogen-bond acceptors (Lipinski definition) is 4. The zero-order valence-electron chi connectivity index (χ0n) is 19.2. The number of benzene rings is 1. The standard InChI is InChI=1S/C24H38FN5O2/c1-2-26-24(28-12-11-27-23(31)17-19-5-3-4-6-19)29-18-22(30-13-15-32-16-14-30)20-7-9-21(25)10-8-20/h7-10,19,22H,2-6,11-18H2,1H3,(H,27,31)(H2,26,28,29). The number of aliphatic imine (C=N–C) groups is 1. The van der Waals surface area contributed by atoms with Crippen LogP contribution in [0.25, 0.3) is 0 Å². The fourth-order valence-corrected chi connectivity index (χ4v) is 4.46. The minimum Gasteiger partial charge on any atom is -0.379 e. The first-order valence-electron chi connectivity index (χ1n) is 12.0. The van der Waals surface area contributed by atoms with Crippen LogP contribution in [0, 0.1) is 11.7 Å². The Morgan fingerprint density at radius 2 is 1.81 bits per heavy atom. The molecular weight excluding hydrogens is 409 g/mol. The van der Waals surface area contributed by atoms with E-state index in [2.05, 4.69) is 20.9 Å². The third kappa shape index (κ3) is 8.06. The molecule has 1 amide bonds. The van der Waals surface area contributed by atoms with Crippen LogP contribution in [0.1, 0.15) is 50.6 Å². The highest BCUT2D eigenvalue weighted by Crippen LogP contribution is 2.27. The lowest BCUT2D eigenvalue weighted by atomic mass is 10.0. The van der Waals surface area contributed by atoms with E-state index in [1.165, 1.54) is 37.8 Å². The summed E-state index contributed by atoms with van der Waals surface area (Å²) >= 11 is 0. The first-order valence-corrected chi connectivity index (χ1v) is 12.0. The second-order valence-corrected chi connectivity index (χ2v) is 8.57. The molecule has 178 valence electrons. The Kier molecular flexibility index (Phi) is 10.2. The monoisotopic (exact) mass is 447 g/mol. The van der Waals surface area contributed by atoms with E-state index in [0.29, 0.717) is 45.2 Å². The van der Waals surface area contributed by atoms with E-state index < -0.39 is 0 Å². The van der Waals surface area contributed by atoms with Gasteiger partial charge >= 0.3 is 0 Å². The maximum atomic E-state index is 13.4. The summed E-state index contributed by atoms with van der Waals surface area (Å²) in [5, 5.41) is 9.59. The number of hydrogen-bond donors (Lipinski definition) is 3. The first kappa shape index (κ1) is 24.5. The van der Waals surface area contributed by atoms with E-state index in [1.807, 2.05) is 19.1 Å². The van der Waals surface area contributed by atoms with Gasteiger partial charge in [-0.25, -0.2) is 4.39 Å². The van der Waals surface area contributed by atoms with Crippen molar-refractivity contribution in [2.75, 3.05) is 52.5 Å². The van der Waals surface area contributed by atoms with Crippen molar-refractivity contribution in [3.8, 4) is 0 Å². The number of morpholine rings is 1. The average molecular weight is 448 g/mol. The smallest absolute Gasteiger partial charge is 0.220 e. The molecule has 8 heteroatoms. The lowest BCUT2D eigenvalue weighted by Gasteiger charge is -2.34. The molecule has 1 heterocycles. The quantitative estimate of drug-likeness (QED) is 0.292. The Bertz CT molecular complexity index is 716. The lowest BCUT2D eigenvalue weighted by Crippen LogP contribution is -2.43. The van der Waals surface area contributed by atoms with Gasteiger partial charge in [0.1, 0.15) is 5.82 Å². The van der Waals surface area contributed by atoms with Crippen LogP contribution in [0.2, 0.25) is 0 Å². The van der Waals surface area contributed by atoms with Crippen molar-refractivity contribution in [3.63, 3.8) is 0 Å². The summed E-state index contributed by atoms with van der Waals surface area (Å²) in [6, 6.07) is 6.74. The molecule has 1 aliphatic carbocycles. The zero-order valence-corrected chi connectivity index (χ0v) is 19.2. The van der Waals surface area contributed by atoms with Crippen molar-refractivity contribution in [3.05, 3.63) is 35.6 Å². The van der Waals surface area contributed by atoms with Gasteiger partial charge in [-0.2, -0.15) is 0 Å². The predicted molar refractivity (Wildman–Crippen MR) is 125 cm³/mol. The minimum atomic E-state index is -0.233. The number of rotatable bonds is 10. The van der Waals surface area contributed by atoms with Gasteiger partial charge in [0.05, 0.1) is 25.8 Å². The molecule has 7 nitrogen and oxygen atoms in total. The fraction of sp³-hybridized carbons (Fsp3) is 0.667. The van der Waals surface area contributed by atoms with Crippen LogP contribution >= 0.6 is 0 Å². The number of halogens is 1.